The Kier molecular flexibility index (Phi) is 7.87. The molecule has 0 bridgehead atoms. The highest BCUT2D eigenvalue weighted by Crippen LogP contribution is 2.20. The van der Waals surface area contributed by atoms with Gasteiger partial charge in [-0.05, 0) is 40.2 Å². The van der Waals surface area contributed by atoms with Gasteiger partial charge in [-0.1, -0.05) is 0 Å². The number of aromatic amines is 1. The monoisotopic (exact) mass is 253 g/mol. The van der Waals surface area contributed by atoms with Crippen molar-refractivity contribution in [2.75, 3.05) is 6.54 Å². The van der Waals surface area contributed by atoms with Crippen molar-refractivity contribution in [3.8, 4) is 0 Å². The zero-order chi connectivity index (χ0) is 14.1. The summed E-state index contributed by atoms with van der Waals surface area (Å²) >= 11 is 0. The fraction of sp³-hybridized carbons (Fsp3) is 0.615. The van der Waals surface area contributed by atoms with Crippen LogP contribution in [-0.2, 0) is 22.6 Å². The van der Waals surface area contributed by atoms with Crippen LogP contribution in [0.3, 0.4) is 0 Å². The van der Waals surface area contributed by atoms with Crippen LogP contribution in [0.2, 0.25) is 0 Å². The highest BCUT2D eigenvalue weighted by Gasteiger charge is 2.19. The Balaban J connectivity index is 0.000000659. The van der Waals surface area contributed by atoms with Gasteiger partial charge in [-0.3, -0.25) is 10.00 Å². The van der Waals surface area contributed by atoms with Gasteiger partial charge in [0.2, 0.25) is 0 Å². The summed E-state index contributed by atoms with van der Waals surface area (Å²) < 4.78 is 0. The van der Waals surface area contributed by atoms with E-state index in [1.165, 1.54) is 29.9 Å². The van der Waals surface area contributed by atoms with Crippen molar-refractivity contribution in [3.05, 3.63) is 17.0 Å². The van der Waals surface area contributed by atoms with E-state index in [-0.39, 0.29) is 0 Å². The highest BCUT2D eigenvalue weighted by atomic mass is 16.1. The first-order valence-corrected chi connectivity index (χ1v) is 6.03. The molecule has 0 saturated heterocycles. The van der Waals surface area contributed by atoms with Gasteiger partial charge in [0.25, 0.3) is 0 Å². The quantitative estimate of drug-likeness (QED) is 0.823. The summed E-state index contributed by atoms with van der Waals surface area (Å²) in [4.78, 5) is 18.5. The van der Waals surface area contributed by atoms with Gasteiger partial charge in [0.05, 0.1) is 5.69 Å². The largest absolute Gasteiger partial charge is 0.307 e. The Hall–Kier alpha value is -1.49. The van der Waals surface area contributed by atoms with E-state index in [9.17, 15) is 0 Å². The van der Waals surface area contributed by atoms with Crippen molar-refractivity contribution in [2.45, 2.75) is 46.2 Å². The summed E-state index contributed by atoms with van der Waals surface area (Å²) in [5.74, 6) is 0. The summed E-state index contributed by atoms with van der Waals surface area (Å²) in [7, 11) is 0. The first-order valence-electron chi connectivity index (χ1n) is 6.03. The topological polar surface area (TPSA) is 66.1 Å². The Labute approximate surface area is 109 Å². The molecular weight excluding hydrogens is 230 g/mol. The van der Waals surface area contributed by atoms with Crippen LogP contribution in [0.15, 0.2) is 0 Å². The van der Waals surface area contributed by atoms with Crippen molar-refractivity contribution in [3.63, 3.8) is 0 Å². The van der Waals surface area contributed by atoms with Crippen LogP contribution in [0.5, 0.6) is 0 Å². The summed E-state index contributed by atoms with van der Waals surface area (Å²) in [6, 6.07) is 0.634. The lowest BCUT2D eigenvalue weighted by molar-refractivity contribution is -0.0987. The molecule has 0 radical (unpaired) electrons. The van der Waals surface area contributed by atoms with E-state index in [0.29, 0.717) is 6.04 Å². The van der Waals surface area contributed by atoms with Crippen molar-refractivity contribution in [1.82, 2.24) is 15.1 Å². The number of nitrogens with one attached hydrogen (secondary N) is 1. The van der Waals surface area contributed by atoms with Gasteiger partial charge in [0.15, 0.2) is 0 Å². The fourth-order valence-electron chi connectivity index (χ4n) is 2.09. The van der Waals surface area contributed by atoms with Crippen LogP contribution < -0.4 is 0 Å². The highest BCUT2D eigenvalue weighted by molar-refractivity contribution is 5.25. The molecule has 1 aromatic heterocycles. The molecule has 0 spiro atoms. The summed E-state index contributed by atoms with van der Waals surface area (Å²) in [5.41, 5.74) is 3.95. The lowest BCUT2D eigenvalue weighted by Crippen LogP contribution is -2.30. The number of hydrogen-bond donors (Lipinski definition) is 1. The van der Waals surface area contributed by atoms with Crippen LogP contribution in [0.1, 0.15) is 37.2 Å². The third-order valence-electron chi connectivity index (χ3n) is 3.11. The lowest BCUT2D eigenvalue weighted by Gasteiger charge is -2.24. The van der Waals surface area contributed by atoms with E-state index < -0.39 is 0 Å². The molecule has 1 N–H and O–H groups in total. The second kappa shape index (κ2) is 8.58. The third-order valence-corrected chi connectivity index (χ3v) is 3.11. The Bertz CT molecular complexity index is 348. The lowest BCUT2D eigenvalue weighted by atomic mass is 10.1. The minimum Gasteiger partial charge on any atom is -0.307 e. The maximum Gasteiger partial charge on any atom is 0.106 e. The van der Waals surface area contributed by atoms with Crippen LogP contribution in [-0.4, -0.2) is 41.3 Å². The zero-order valence-electron chi connectivity index (χ0n) is 11.5. The Morgan fingerprint density at radius 3 is 2.44 bits per heavy atom. The fourth-order valence-corrected chi connectivity index (χ4v) is 2.09. The van der Waals surface area contributed by atoms with Crippen molar-refractivity contribution < 1.29 is 9.59 Å². The van der Waals surface area contributed by atoms with Gasteiger partial charge in [0, 0.05) is 23.8 Å². The average molecular weight is 253 g/mol. The van der Waals surface area contributed by atoms with E-state index in [1.807, 2.05) is 13.6 Å². The first-order chi connectivity index (χ1) is 8.68. The molecule has 0 fully saturated rings. The molecular formula is C13H23N3O2. The smallest absolute Gasteiger partial charge is 0.106 e. The third kappa shape index (κ3) is 4.07. The van der Waals surface area contributed by atoms with Gasteiger partial charge in [0.1, 0.15) is 13.6 Å². The number of aryl methyl sites for hydroxylation is 2. The molecule has 18 heavy (non-hydrogen) atoms. The van der Waals surface area contributed by atoms with Crippen molar-refractivity contribution >= 4 is 13.6 Å². The van der Waals surface area contributed by atoms with Crippen LogP contribution >= 0.6 is 0 Å². The van der Waals surface area contributed by atoms with E-state index >= 15 is 0 Å². The molecule has 1 aliphatic rings. The van der Waals surface area contributed by atoms with Gasteiger partial charge < -0.3 is 9.59 Å². The molecule has 1 aliphatic heterocycles. The molecule has 1 aromatic rings. The molecule has 2 heterocycles. The number of aromatic nitrogens is 2. The maximum atomic E-state index is 8.00. The molecule has 5 nitrogen and oxygen atoms in total. The number of hydrogen-bond acceptors (Lipinski definition) is 4. The average Bonchev–Trinajstić information content (AvgIpc) is 2.64. The van der Waals surface area contributed by atoms with E-state index in [0.717, 1.165) is 13.0 Å². The van der Waals surface area contributed by atoms with E-state index in [4.69, 9.17) is 9.59 Å². The number of carbonyl (C=O) groups is 2. The Morgan fingerprint density at radius 2 is 1.89 bits per heavy atom. The molecule has 102 valence electrons. The number of rotatable bonds is 1. The molecule has 0 atom stereocenters. The first kappa shape index (κ1) is 16.5. The summed E-state index contributed by atoms with van der Waals surface area (Å²) in [6.07, 6.45) is 2.36. The SMILES string of the molecule is C=O.C=O.Cc1[nH]nc2c1CN(C(C)C)CCC2. The molecule has 0 amide bonds. The van der Waals surface area contributed by atoms with E-state index in [2.05, 4.69) is 35.9 Å². The minimum atomic E-state index is 0.634. The molecule has 5 heteroatoms. The van der Waals surface area contributed by atoms with Crippen molar-refractivity contribution in [2.24, 2.45) is 0 Å². The normalized spacial score (nSPS) is 14.7. The Morgan fingerprint density at radius 1 is 1.28 bits per heavy atom. The predicted octanol–water partition coefficient (Wildman–Crippen LogP) is 1.50. The standard InChI is InChI=1S/C11H19N3.2CH2O/c1-8(2)14-6-4-5-11-10(7-14)9(3)12-13-11;2*1-2/h8H,4-7H2,1-3H3,(H,12,13);2*1H2. The predicted molar refractivity (Wildman–Crippen MR) is 71.4 cm³/mol. The van der Waals surface area contributed by atoms with Crippen LogP contribution in [0.25, 0.3) is 0 Å². The number of carbonyl (C=O) groups excluding carboxylic acids is 2. The molecule has 2 rings (SSSR count). The number of nitrogens with zero attached hydrogens (tertiary/aromatic N) is 2. The molecule has 0 saturated carbocycles. The van der Waals surface area contributed by atoms with Crippen LogP contribution in [0.4, 0.5) is 0 Å². The second-order valence-electron chi connectivity index (χ2n) is 4.44. The second-order valence-corrected chi connectivity index (χ2v) is 4.44. The molecule has 0 unspecified atom stereocenters. The molecule has 0 aromatic carbocycles. The maximum absolute atomic E-state index is 8.00. The summed E-state index contributed by atoms with van der Waals surface area (Å²) in [6.45, 7) is 12.9. The van der Waals surface area contributed by atoms with Crippen LogP contribution in [0, 0.1) is 6.92 Å². The number of fused-ring (bicyclic) bond motifs is 1. The van der Waals surface area contributed by atoms with Crippen molar-refractivity contribution in [1.29, 1.82) is 0 Å². The van der Waals surface area contributed by atoms with Gasteiger partial charge in [-0.15, -0.1) is 0 Å². The van der Waals surface area contributed by atoms with Gasteiger partial charge >= 0.3 is 0 Å². The van der Waals surface area contributed by atoms with E-state index in [1.54, 1.807) is 0 Å². The zero-order valence-corrected chi connectivity index (χ0v) is 11.5. The molecule has 0 aliphatic carbocycles. The van der Waals surface area contributed by atoms with Gasteiger partial charge in [-0.2, -0.15) is 5.10 Å². The minimum absolute atomic E-state index is 0.634. The summed E-state index contributed by atoms with van der Waals surface area (Å²) in [5, 5.41) is 7.45. The van der Waals surface area contributed by atoms with Gasteiger partial charge in [-0.25, -0.2) is 0 Å². The number of H-pyrrole nitrogens is 1.